The zero-order chi connectivity index (χ0) is 26.5. The van der Waals surface area contributed by atoms with Crippen LogP contribution in [-0.4, -0.2) is 24.8 Å². The van der Waals surface area contributed by atoms with Gasteiger partial charge in [0.25, 0.3) is 0 Å². The Labute approximate surface area is 235 Å². The maximum atomic E-state index is 13.0. The summed E-state index contributed by atoms with van der Waals surface area (Å²) in [6.07, 6.45) is 0. The Balaban J connectivity index is 1.73. The number of ether oxygens (including phenoxy) is 3. The first-order valence-electron chi connectivity index (χ1n) is 11.3. The minimum atomic E-state index is -0.613. The van der Waals surface area contributed by atoms with E-state index in [1.807, 2.05) is 13.0 Å². The van der Waals surface area contributed by atoms with E-state index < -0.39 is 12.0 Å². The number of esters is 1. The number of thiocarbonyl (C=S) groups is 1. The lowest BCUT2D eigenvalue weighted by Crippen LogP contribution is -2.45. The number of benzene rings is 3. The molecule has 1 aliphatic heterocycles. The molecule has 6 nitrogen and oxygen atoms in total. The van der Waals surface area contributed by atoms with Gasteiger partial charge in [-0.05, 0) is 66.7 Å². The molecule has 1 atom stereocenters. The molecular weight excluding hydrogens is 555 g/mol. The predicted octanol–water partition coefficient (Wildman–Crippen LogP) is 6.73. The second-order valence-electron chi connectivity index (χ2n) is 7.95. The van der Waals surface area contributed by atoms with Crippen LogP contribution in [0.2, 0.25) is 15.1 Å². The van der Waals surface area contributed by atoms with E-state index in [9.17, 15) is 4.79 Å². The summed E-state index contributed by atoms with van der Waals surface area (Å²) in [6, 6.07) is 17.2. The van der Waals surface area contributed by atoms with Crippen LogP contribution in [0.25, 0.3) is 5.70 Å². The van der Waals surface area contributed by atoms with E-state index in [0.717, 1.165) is 11.1 Å². The highest BCUT2D eigenvalue weighted by Gasteiger charge is 2.33. The Kier molecular flexibility index (Phi) is 8.82. The summed E-state index contributed by atoms with van der Waals surface area (Å²) in [5, 5.41) is 8.22. The van der Waals surface area contributed by atoms with Crippen molar-refractivity contribution >= 4 is 63.8 Å². The van der Waals surface area contributed by atoms with Crippen molar-refractivity contribution in [3.63, 3.8) is 0 Å². The van der Waals surface area contributed by atoms with Gasteiger partial charge in [-0.3, -0.25) is 0 Å². The molecule has 37 heavy (non-hydrogen) atoms. The number of nitrogens with one attached hydrogen (secondary N) is 2. The van der Waals surface area contributed by atoms with Crippen LogP contribution in [-0.2, 0) is 16.1 Å². The van der Waals surface area contributed by atoms with Crippen LogP contribution >= 0.6 is 47.0 Å². The first-order valence-corrected chi connectivity index (χ1v) is 12.8. The van der Waals surface area contributed by atoms with Gasteiger partial charge in [-0.2, -0.15) is 0 Å². The molecule has 192 valence electrons. The molecule has 0 saturated heterocycles. The molecule has 0 amide bonds. The number of methoxy groups -OCH3 is 1. The van der Waals surface area contributed by atoms with Gasteiger partial charge in [0.2, 0.25) is 0 Å². The second kappa shape index (κ2) is 12.0. The van der Waals surface area contributed by atoms with Gasteiger partial charge in [0.05, 0.1) is 31.0 Å². The lowest BCUT2D eigenvalue weighted by molar-refractivity contribution is -0.136. The third-order valence-corrected chi connectivity index (χ3v) is 6.82. The van der Waals surface area contributed by atoms with E-state index in [1.165, 1.54) is 7.11 Å². The number of carbonyl (C=O) groups excluding carboxylic acids is 1. The fourth-order valence-corrected chi connectivity index (χ4v) is 4.75. The molecule has 2 N–H and O–H groups in total. The molecule has 0 aromatic heterocycles. The third-order valence-electron chi connectivity index (χ3n) is 5.64. The molecule has 0 saturated carbocycles. The maximum Gasteiger partial charge on any atom is 0.338 e. The van der Waals surface area contributed by atoms with Crippen LogP contribution in [0.3, 0.4) is 0 Å². The Hall–Kier alpha value is -2.97. The van der Waals surface area contributed by atoms with Gasteiger partial charge in [0.15, 0.2) is 16.6 Å². The number of hydrogen-bond acceptors (Lipinski definition) is 5. The molecule has 0 unspecified atom stereocenters. The van der Waals surface area contributed by atoms with E-state index in [1.54, 1.807) is 54.6 Å². The van der Waals surface area contributed by atoms with Crippen molar-refractivity contribution in [1.29, 1.82) is 0 Å². The number of carbonyl (C=O) groups is 1. The second-order valence-corrected chi connectivity index (χ2v) is 9.61. The lowest BCUT2D eigenvalue weighted by atomic mass is 9.92. The zero-order valence-electron chi connectivity index (χ0n) is 19.9. The van der Waals surface area contributed by atoms with E-state index in [2.05, 4.69) is 10.6 Å². The number of halogens is 3. The van der Waals surface area contributed by atoms with Gasteiger partial charge in [0, 0.05) is 20.6 Å². The predicted molar refractivity (Wildman–Crippen MR) is 150 cm³/mol. The van der Waals surface area contributed by atoms with Crippen LogP contribution in [0.15, 0.2) is 66.2 Å². The van der Waals surface area contributed by atoms with Gasteiger partial charge in [-0.1, -0.05) is 59.1 Å². The van der Waals surface area contributed by atoms with Crippen LogP contribution in [0, 0.1) is 0 Å². The molecular formula is C27H23Cl3N2O4S. The molecule has 3 aromatic carbocycles. The van der Waals surface area contributed by atoms with Crippen molar-refractivity contribution in [2.75, 3.05) is 13.7 Å². The van der Waals surface area contributed by atoms with Crippen LogP contribution < -0.4 is 20.1 Å². The SMILES string of the molecule is CCOc1cc([C@H]2NC(=S)NC(c3ccc(Cl)cc3)=C2C(=O)OC)ccc1OCc1c(Cl)cccc1Cl. The van der Waals surface area contributed by atoms with Crippen molar-refractivity contribution in [2.24, 2.45) is 0 Å². The van der Waals surface area contributed by atoms with E-state index in [0.29, 0.717) is 55.1 Å². The van der Waals surface area contributed by atoms with Gasteiger partial charge >= 0.3 is 5.97 Å². The molecule has 0 fully saturated rings. The molecule has 0 radical (unpaired) electrons. The Morgan fingerprint density at radius 2 is 1.68 bits per heavy atom. The average molecular weight is 578 g/mol. The summed E-state index contributed by atoms with van der Waals surface area (Å²) in [7, 11) is 1.33. The van der Waals surface area contributed by atoms with Crippen molar-refractivity contribution < 1.29 is 19.0 Å². The lowest BCUT2D eigenvalue weighted by Gasteiger charge is -2.31. The molecule has 1 heterocycles. The summed E-state index contributed by atoms with van der Waals surface area (Å²) in [6.45, 7) is 2.43. The highest BCUT2D eigenvalue weighted by molar-refractivity contribution is 7.80. The Morgan fingerprint density at radius 1 is 0.973 bits per heavy atom. The first kappa shape index (κ1) is 27.1. The summed E-state index contributed by atoms with van der Waals surface area (Å²) in [5.41, 5.74) is 3.02. The van der Waals surface area contributed by atoms with Gasteiger partial charge < -0.3 is 24.8 Å². The van der Waals surface area contributed by atoms with Crippen LogP contribution in [0.1, 0.15) is 29.7 Å². The first-order chi connectivity index (χ1) is 17.8. The zero-order valence-corrected chi connectivity index (χ0v) is 23.0. The normalized spacial score (nSPS) is 15.1. The molecule has 4 rings (SSSR count). The van der Waals surface area contributed by atoms with Crippen LogP contribution in [0.4, 0.5) is 0 Å². The number of hydrogen-bond donors (Lipinski definition) is 2. The smallest absolute Gasteiger partial charge is 0.338 e. The number of rotatable bonds is 8. The third kappa shape index (κ3) is 6.13. The average Bonchev–Trinajstić information content (AvgIpc) is 2.88. The Morgan fingerprint density at radius 3 is 2.32 bits per heavy atom. The highest BCUT2D eigenvalue weighted by Crippen LogP contribution is 2.37. The van der Waals surface area contributed by atoms with Gasteiger partial charge in [-0.25, -0.2) is 4.79 Å². The molecule has 10 heteroatoms. The van der Waals surface area contributed by atoms with E-state index in [4.69, 9.17) is 61.2 Å². The van der Waals surface area contributed by atoms with Crippen molar-refractivity contribution in [3.05, 3.63) is 98.0 Å². The Bertz CT molecular complexity index is 1340. The van der Waals surface area contributed by atoms with Crippen molar-refractivity contribution in [3.8, 4) is 11.5 Å². The minimum Gasteiger partial charge on any atom is -0.490 e. The van der Waals surface area contributed by atoms with E-state index in [-0.39, 0.29) is 6.61 Å². The van der Waals surface area contributed by atoms with Gasteiger partial charge in [0.1, 0.15) is 6.61 Å². The fraction of sp³-hybridized carbons (Fsp3) is 0.185. The molecule has 3 aromatic rings. The molecule has 1 aliphatic rings. The summed E-state index contributed by atoms with van der Waals surface area (Å²) in [4.78, 5) is 13.0. The maximum absolute atomic E-state index is 13.0. The molecule has 0 bridgehead atoms. The van der Waals surface area contributed by atoms with Crippen molar-refractivity contribution in [1.82, 2.24) is 10.6 Å². The monoisotopic (exact) mass is 576 g/mol. The molecule has 0 spiro atoms. The quantitative estimate of drug-likeness (QED) is 0.227. The molecule has 0 aliphatic carbocycles. The highest BCUT2D eigenvalue weighted by atomic mass is 35.5. The van der Waals surface area contributed by atoms with Crippen molar-refractivity contribution in [2.45, 2.75) is 19.6 Å². The summed E-state index contributed by atoms with van der Waals surface area (Å²) >= 11 is 24.1. The van der Waals surface area contributed by atoms with Crippen LogP contribution in [0.5, 0.6) is 11.5 Å². The largest absolute Gasteiger partial charge is 0.490 e. The summed E-state index contributed by atoms with van der Waals surface area (Å²) < 4.78 is 17.0. The minimum absolute atomic E-state index is 0.154. The fourth-order valence-electron chi connectivity index (χ4n) is 3.90. The topological polar surface area (TPSA) is 68.8 Å². The standard InChI is InChI=1S/C27H23Cl3N2O4S/c1-3-35-22-13-16(9-12-21(22)36-14-18-19(29)5-4-6-20(18)30)25-23(26(33)34-2)24(31-27(37)32-25)15-7-10-17(28)11-8-15/h4-13,25H,3,14H2,1-2H3,(H2,31,32,37)/t25-/m1/s1. The van der Waals surface area contributed by atoms with Gasteiger partial charge in [-0.15, -0.1) is 0 Å². The van der Waals surface area contributed by atoms with E-state index >= 15 is 0 Å². The summed E-state index contributed by atoms with van der Waals surface area (Å²) in [5.74, 6) is 0.482.